The number of nitrogens with one attached hydrogen (secondary N) is 3. The number of rotatable bonds is 10. The maximum atomic E-state index is 12.4. The highest BCUT2D eigenvalue weighted by Crippen LogP contribution is 2.23. The van der Waals surface area contributed by atoms with Crippen LogP contribution in [0.1, 0.15) is 28.8 Å². The van der Waals surface area contributed by atoms with E-state index in [2.05, 4.69) is 20.6 Å². The molecule has 0 aliphatic carbocycles. The quantitative estimate of drug-likeness (QED) is 0.248. The van der Waals surface area contributed by atoms with Gasteiger partial charge in [-0.1, -0.05) is 0 Å². The van der Waals surface area contributed by atoms with E-state index in [9.17, 15) is 29.1 Å². The minimum atomic E-state index is -1.34. The molecule has 7 N–H and O–H groups in total. The molecular weight excluding hydrogens is 448 g/mol. The summed E-state index contributed by atoms with van der Waals surface area (Å²) in [4.78, 5) is 66.2. The summed E-state index contributed by atoms with van der Waals surface area (Å²) in [6, 6.07) is 4.60. The van der Waals surface area contributed by atoms with Crippen molar-refractivity contribution < 1.29 is 29.4 Å². The number of H-pyrrole nitrogens is 1. The fourth-order valence-electron chi connectivity index (χ4n) is 3.64. The Morgan fingerprint density at radius 1 is 1.26 bits per heavy atom. The number of hydrogen-bond acceptors (Lipinski definition) is 8. The van der Waals surface area contributed by atoms with Crippen molar-refractivity contribution in [1.29, 1.82) is 0 Å². The van der Waals surface area contributed by atoms with Gasteiger partial charge < -0.3 is 31.5 Å². The van der Waals surface area contributed by atoms with Gasteiger partial charge in [0.15, 0.2) is 0 Å². The monoisotopic (exact) mass is 472 g/mol. The number of carboxylic acids is 2. The summed E-state index contributed by atoms with van der Waals surface area (Å²) in [5.41, 5.74) is 6.33. The van der Waals surface area contributed by atoms with Crippen LogP contribution in [0.15, 0.2) is 29.1 Å². The number of nitrogen functional groups attached to an aromatic ring is 1. The number of amides is 2. The number of aliphatic carboxylic acids is 2. The lowest BCUT2D eigenvalue weighted by Crippen LogP contribution is -2.41. The third kappa shape index (κ3) is 5.88. The summed E-state index contributed by atoms with van der Waals surface area (Å²) < 4.78 is 0. The molecule has 2 atom stereocenters. The fraction of sp³-hybridized carbons (Fsp3) is 0.333. The number of anilines is 3. The summed E-state index contributed by atoms with van der Waals surface area (Å²) in [6.45, 7) is 0.766. The van der Waals surface area contributed by atoms with Crippen LogP contribution in [0.3, 0.4) is 0 Å². The summed E-state index contributed by atoms with van der Waals surface area (Å²) in [7, 11) is 0. The molecule has 1 aromatic carbocycles. The van der Waals surface area contributed by atoms with Gasteiger partial charge >= 0.3 is 11.9 Å². The zero-order valence-electron chi connectivity index (χ0n) is 18.0. The third-order valence-corrected chi connectivity index (χ3v) is 5.38. The van der Waals surface area contributed by atoms with Crippen molar-refractivity contribution in [3.8, 4) is 0 Å². The first-order valence-corrected chi connectivity index (χ1v) is 10.4. The first-order valence-electron chi connectivity index (χ1n) is 10.4. The molecule has 13 nitrogen and oxygen atoms in total. The largest absolute Gasteiger partial charge is 0.481 e. The topological polar surface area (TPSA) is 208 Å². The zero-order chi connectivity index (χ0) is 24.8. The Bertz CT molecular complexity index is 1150. The molecule has 0 radical (unpaired) electrons. The molecule has 0 saturated carbocycles. The van der Waals surface area contributed by atoms with E-state index in [-0.39, 0.29) is 29.4 Å². The van der Waals surface area contributed by atoms with Gasteiger partial charge in [0.25, 0.3) is 11.5 Å². The Kier molecular flexibility index (Phi) is 7.46. The van der Waals surface area contributed by atoms with Crippen LogP contribution in [0.25, 0.3) is 0 Å². The molecule has 1 aliphatic rings. The first kappa shape index (κ1) is 24.2. The van der Waals surface area contributed by atoms with E-state index in [0.29, 0.717) is 43.0 Å². The average Bonchev–Trinajstić information content (AvgIpc) is 2.80. The number of nitrogens with zero attached hydrogens (tertiary/aromatic N) is 2. The Morgan fingerprint density at radius 3 is 2.59 bits per heavy atom. The van der Waals surface area contributed by atoms with Gasteiger partial charge in [-0.3, -0.25) is 24.2 Å². The minimum absolute atomic E-state index is 0.0184. The predicted octanol–water partition coefficient (Wildman–Crippen LogP) is -0.353. The van der Waals surface area contributed by atoms with Crippen molar-refractivity contribution >= 4 is 41.7 Å². The number of hydrogen-bond donors (Lipinski definition) is 6. The highest BCUT2D eigenvalue weighted by atomic mass is 16.4. The maximum Gasteiger partial charge on any atom is 0.326 e. The second kappa shape index (κ2) is 10.5. The molecule has 3 rings (SSSR count). The lowest BCUT2D eigenvalue weighted by Gasteiger charge is -2.28. The number of carboxylic acid groups (broad SMARTS) is 2. The van der Waals surface area contributed by atoms with Gasteiger partial charge in [-0.15, -0.1) is 0 Å². The van der Waals surface area contributed by atoms with Gasteiger partial charge in [-0.05, 0) is 43.0 Å². The number of benzene rings is 1. The van der Waals surface area contributed by atoms with Crippen LogP contribution >= 0.6 is 0 Å². The van der Waals surface area contributed by atoms with E-state index in [1.807, 2.05) is 0 Å². The van der Waals surface area contributed by atoms with Crippen molar-refractivity contribution in [2.75, 3.05) is 29.0 Å². The lowest BCUT2D eigenvalue weighted by molar-refractivity contribution is -0.140. The second-order valence-corrected chi connectivity index (χ2v) is 7.83. The number of carbonyl (C=O) groups excluding carboxylic acids is 2. The van der Waals surface area contributed by atoms with Crippen LogP contribution in [-0.2, 0) is 20.8 Å². The molecule has 1 unspecified atom stereocenters. The van der Waals surface area contributed by atoms with E-state index in [0.717, 1.165) is 0 Å². The molecule has 2 amide bonds. The van der Waals surface area contributed by atoms with E-state index in [4.69, 9.17) is 10.8 Å². The van der Waals surface area contributed by atoms with Crippen LogP contribution in [0.5, 0.6) is 0 Å². The van der Waals surface area contributed by atoms with Crippen LogP contribution in [-0.4, -0.2) is 63.6 Å². The van der Waals surface area contributed by atoms with Crippen molar-refractivity contribution in [2.24, 2.45) is 5.92 Å². The maximum absolute atomic E-state index is 12.4. The molecule has 13 heteroatoms. The first-order chi connectivity index (χ1) is 16.2. The molecule has 1 aromatic heterocycles. The Balaban J connectivity index is 1.65. The normalized spacial score (nSPS) is 15.4. The molecule has 2 aromatic rings. The minimum Gasteiger partial charge on any atom is -0.481 e. The van der Waals surface area contributed by atoms with Gasteiger partial charge in [0, 0.05) is 30.8 Å². The zero-order valence-corrected chi connectivity index (χ0v) is 18.0. The third-order valence-electron chi connectivity index (χ3n) is 5.38. The molecular formula is C21H24N6O7. The van der Waals surface area contributed by atoms with E-state index < -0.39 is 30.3 Å². The Hall–Kier alpha value is -4.42. The average molecular weight is 472 g/mol. The summed E-state index contributed by atoms with van der Waals surface area (Å²) in [5.74, 6) is -2.82. The van der Waals surface area contributed by atoms with Crippen LogP contribution in [0, 0.1) is 5.92 Å². The molecule has 0 saturated heterocycles. The van der Waals surface area contributed by atoms with Gasteiger partial charge in [-0.2, -0.15) is 4.98 Å². The van der Waals surface area contributed by atoms with Gasteiger partial charge in [0.1, 0.15) is 11.9 Å². The Labute approximate surface area is 193 Å². The van der Waals surface area contributed by atoms with Gasteiger partial charge in [0.2, 0.25) is 12.4 Å². The van der Waals surface area contributed by atoms with Crippen LogP contribution in [0.4, 0.5) is 17.5 Å². The number of nitrogens with two attached hydrogens (primary N) is 1. The smallest absolute Gasteiger partial charge is 0.326 e. The SMILES string of the molecule is Nc1nc2c(c(=O)[nH]1)CC(CN(C=O)c1ccc(C(=O)N[C@@H](CCC(=O)O)C(=O)O)cc1)CN2. The van der Waals surface area contributed by atoms with Crippen molar-refractivity contribution in [3.63, 3.8) is 0 Å². The lowest BCUT2D eigenvalue weighted by atomic mass is 9.96. The summed E-state index contributed by atoms with van der Waals surface area (Å²) in [6.07, 6.45) is 0.377. The summed E-state index contributed by atoms with van der Waals surface area (Å²) in [5, 5.41) is 23.3. The summed E-state index contributed by atoms with van der Waals surface area (Å²) >= 11 is 0. The van der Waals surface area contributed by atoms with Gasteiger partial charge in [-0.25, -0.2) is 4.79 Å². The molecule has 180 valence electrons. The molecule has 2 heterocycles. The van der Waals surface area contributed by atoms with E-state index >= 15 is 0 Å². The number of aromatic amines is 1. The molecule has 0 fully saturated rings. The molecule has 0 spiro atoms. The molecule has 1 aliphatic heterocycles. The van der Waals surface area contributed by atoms with E-state index in [1.165, 1.54) is 29.2 Å². The predicted molar refractivity (Wildman–Crippen MR) is 121 cm³/mol. The highest BCUT2D eigenvalue weighted by Gasteiger charge is 2.25. The van der Waals surface area contributed by atoms with Crippen LogP contribution < -0.4 is 26.8 Å². The van der Waals surface area contributed by atoms with Crippen molar-refractivity contribution in [1.82, 2.24) is 15.3 Å². The highest BCUT2D eigenvalue weighted by molar-refractivity contribution is 5.97. The van der Waals surface area contributed by atoms with Gasteiger partial charge in [0.05, 0.1) is 5.56 Å². The Morgan fingerprint density at radius 2 is 1.97 bits per heavy atom. The fourth-order valence-corrected chi connectivity index (χ4v) is 3.64. The second-order valence-electron chi connectivity index (χ2n) is 7.83. The molecule has 34 heavy (non-hydrogen) atoms. The standard InChI is InChI=1S/C21H24N6O7/c22-21-25-17-14(19(32)26-21)7-11(8-23-17)9-27(10-28)13-3-1-12(2-4-13)18(31)24-15(20(33)34)5-6-16(29)30/h1-4,10-11,15H,5-9H2,(H,24,31)(H,29,30)(H,33,34)(H4,22,23,25,26,32)/t11?,15-/m0/s1. The van der Waals surface area contributed by atoms with Crippen molar-refractivity contribution in [2.45, 2.75) is 25.3 Å². The van der Waals surface area contributed by atoms with E-state index in [1.54, 1.807) is 0 Å². The molecule has 0 bridgehead atoms. The number of carbonyl (C=O) groups is 4. The number of fused-ring (bicyclic) bond motifs is 1. The van der Waals surface area contributed by atoms with Crippen LogP contribution in [0.2, 0.25) is 0 Å². The van der Waals surface area contributed by atoms with Crippen molar-refractivity contribution in [3.05, 3.63) is 45.7 Å². The number of aromatic nitrogens is 2.